The summed E-state index contributed by atoms with van der Waals surface area (Å²) in [6, 6.07) is 21.4. The second-order valence-corrected chi connectivity index (χ2v) is 7.50. The molecule has 0 heterocycles. The van der Waals surface area contributed by atoms with Gasteiger partial charge in [-0.3, -0.25) is 0 Å². The van der Waals surface area contributed by atoms with Crippen molar-refractivity contribution >= 4 is 11.6 Å². The van der Waals surface area contributed by atoms with E-state index in [-0.39, 0.29) is 0 Å². The highest BCUT2D eigenvalue weighted by Gasteiger charge is 2.13. The molecule has 0 aliphatic rings. The fourth-order valence-electron chi connectivity index (χ4n) is 3.16. The van der Waals surface area contributed by atoms with Crippen LogP contribution >= 0.6 is 11.6 Å². The van der Waals surface area contributed by atoms with Crippen molar-refractivity contribution in [2.75, 3.05) is 13.2 Å². The van der Waals surface area contributed by atoms with Crippen molar-refractivity contribution in [2.45, 2.75) is 33.1 Å². The van der Waals surface area contributed by atoms with Gasteiger partial charge in [-0.05, 0) is 42.2 Å². The summed E-state index contributed by atoms with van der Waals surface area (Å²) in [4.78, 5) is 0. The van der Waals surface area contributed by atoms with Crippen molar-refractivity contribution in [1.82, 2.24) is 5.32 Å². The maximum absolute atomic E-state index is 10.3. The van der Waals surface area contributed by atoms with E-state index >= 15 is 0 Å². The maximum Gasteiger partial charge on any atom is 0.163 e. The van der Waals surface area contributed by atoms with Crippen LogP contribution in [0.3, 0.4) is 0 Å². The smallest absolute Gasteiger partial charge is 0.163 e. The molecule has 3 aromatic carbocycles. The van der Waals surface area contributed by atoms with Crippen molar-refractivity contribution in [1.29, 1.82) is 0 Å². The number of benzene rings is 3. The Balaban J connectivity index is 1.65. The second-order valence-electron chi connectivity index (χ2n) is 7.10. The Labute approximate surface area is 183 Å². The molecule has 0 saturated carbocycles. The standard InChI is InChI=1S/C25H28ClNO3/c1-3-29-24-13-21(15-27-16-23(28)19-10-5-4-6-11-19)22(26)14-25(24)30-17-20-12-8-7-9-18(20)2/h4-14,23,27-28H,3,15-17H2,1-2H3. The third-order valence-electron chi connectivity index (χ3n) is 4.89. The highest BCUT2D eigenvalue weighted by Crippen LogP contribution is 2.34. The number of hydrogen-bond acceptors (Lipinski definition) is 4. The Hall–Kier alpha value is -2.53. The molecule has 0 aliphatic carbocycles. The number of aliphatic hydroxyl groups is 1. The lowest BCUT2D eigenvalue weighted by Gasteiger charge is -2.17. The van der Waals surface area contributed by atoms with Crippen LogP contribution in [0.2, 0.25) is 5.02 Å². The van der Waals surface area contributed by atoms with Gasteiger partial charge < -0.3 is 19.9 Å². The third-order valence-corrected chi connectivity index (χ3v) is 5.25. The number of halogens is 1. The van der Waals surface area contributed by atoms with Gasteiger partial charge in [0.15, 0.2) is 11.5 Å². The van der Waals surface area contributed by atoms with E-state index in [1.165, 1.54) is 5.56 Å². The first kappa shape index (κ1) is 22.2. The molecule has 0 aliphatic heterocycles. The lowest BCUT2D eigenvalue weighted by atomic mass is 10.1. The summed E-state index contributed by atoms with van der Waals surface area (Å²) in [6.45, 7) is 5.92. The van der Waals surface area contributed by atoms with Crippen LogP contribution in [-0.2, 0) is 13.2 Å². The number of nitrogens with one attached hydrogen (secondary N) is 1. The number of rotatable bonds is 10. The molecule has 1 unspecified atom stereocenters. The van der Waals surface area contributed by atoms with Crippen molar-refractivity contribution in [2.24, 2.45) is 0 Å². The van der Waals surface area contributed by atoms with Crippen molar-refractivity contribution in [3.05, 3.63) is 94.0 Å². The van der Waals surface area contributed by atoms with Gasteiger partial charge in [-0.1, -0.05) is 66.2 Å². The van der Waals surface area contributed by atoms with Gasteiger partial charge in [0.05, 0.1) is 12.7 Å². The van der Waals surface area contributed by atoms with Crippen LogP contribution in [0.5, 0.6) is 11.5 Å². The molecule has 4 nitrogen and oxygen atoms in total. The summed E-state index contributed by atoms with van der Waals surface area (Å²) in [5, 5.41) is 14.2. The maximum atomic E-state index is 10.3. The average molecular weight is 426 g/mol. The molecule has 0 bridgehead atoms. The normalized spacial score (nSPS) is 11.9. The summed E-state index contributed by atoms with van der Waals surface area (Å²) >= 11 is 6.51. The monoisotopic (exact) mass is 425 g/mol. The first-order valence-corrected chi connectivity index (χ1v) is 10.5. The van der Waals surface area contributed by atoms with E-state index in [0.29, 0.717) is 42.8 Å². The van der Waals surface area contributed by atoms with Crippen LogP contribution in [0.1, 0.15) is 35.3 Å². The summed E-state index contributed by atoms with van der Waals surface area (Å²) < 4.78 is 11.8. The minimum atomic E-state index is -0.576. The van der Waals surface area contributed by atoms with E-state index in [2.05, 4.69) is 18.3 Å². The Bertz CT molecular complexity index is 946. The molecule has 0 radical (unpaired) electrons. The molecule has 3 aromatic rings. The first-order chi connectivity index (χ1) is 14.6. The zero-order valence-electron chi connectivity index (χ0n) is 17.4. The third kappa shape index (κ3) is 5.99. The summed E-state index contributed by atoms with van der Waals surface area (Å²) in [6.07, 6.45) is -0.576. The molecule has 0 spiro atoms. The van der Waals surface area contributed by atoms with Crippen molar-refractivity contribution < 1.29 is 14.6 Å². The van der Waals surface area contributed by atoms with Crippen molar-refractivity contribution in [3.8, 4) is 11.5 Å². The fraction of sp³-hybridized carbons (Fsp3) is 0.280. The lowest BCUT2D eigenvalue weighted by molar-refractivity contribution is 0.174. The Morgan fingerprint density at radius 3 is 2.37 bits per heavy atom. The van der Waals surface area contributed by atoms with Gasteiger partial charge in [-0.2, -0.15) is 0 Å². The number of aryl methyl sites for hydroxylation is 1. The molecule has 0 amide bonds. The van der Waals surface area contributed by atoms with Crippen LogP contribution in [0.25, 0.3) is 0 Å². The van der Waals surface area contributed by atoms with Gasteiger partial charge in [0.2, 0.25) is 0 Å². The summed E-state index contributed by atoms with van der Waals surface area (Å²) in [7, 11) is 0. The van der Waals surface area contributed by atoms with Gasteiger partial charge in [-0.25, -0.2) is 0 Å². The van der Waals surface area contributed by atoms with Crippen LogP contribution in [0.4, 0.5) is 0 Å². The van der Waals surface area contributed by atoms with E-state index in [4.69, 9.17) is 21.1 Å². The zero-order chi connectivity index (χ0) is 21.3. The number of hydrogen-bond donors (Lipinski definition) is 2. The SMILES string of the molecule is CCOc1cc(CNCC(O)c2ccccc2)c(Cl)cc1OCc1ccccc1C. The molecule has 30 heavy (non-hydrogen) atoms. The molecule has 2 N–H and O–H groups in total. The first-order valence-electron chi connectivity index (χ1n) is 10.1. The summed E-state index contributed by atoms with van der Waals surface area (Å²) in [5.41, 5.74) is 4.07. The quantitative estimate of drug-likeness (QED) is 0.453. The Morgan fingerprint density at radius 1 is 0.933 bits per heavy atom. The van der Waals surface area contributed by atoms with Gasteiger partial charge in [0, 0.05) is 24.2 Å². The molecule has 5 heteroatoms. The van der Waals surface area contributed by atoms with Crippen LogP contribution in [0, 0.1) is 6.92 Å². The number of aliphatic hydroxyl groups excluding tert-OH is 1. The molecule has 0 fully saturated rings. The van der Waals surface area contributed by atoms with Gasteiger partial charge in [0.25, 0.3) is 0 Å². The second kappa shape index (κ2) is 11.0. The molecule has 158 valence electrons. The molecule has 1 atom stereocenters. The van der Waals surface area contributed by atoms with E-state index < -0.39 is 6.10 Å². The predicted molar refractivity (Wildman–Crippen MR) is 121 cm³/mol. The van der Waals surface area contributed by atoms with E-state index in [9.17, 15) is 5.11 Å². The van der Waals surface area contributed by atoms with E-state index in [1.54, 1.807) is 6.07 Å². The van der Waals surface area contributed by atoms with Crippen LogP contribution in [0.15, 0.2) is 66.7 Å². The lowest BCUT2D eigenvalue weighted by Crippen LogP contribution is -2.21. The zero-order valence-corrected chi connectivity index (χ0v) is 18.2. The summed E-state index contributed by atoms with van der Waals surface area (Å²) in [5.74, 6) is 1.29. The van der Waals surface area contributed by atoms with Gasteiger partial charge >= 0.3 is 0 Å². The Kier molecular flexibility index (Phi) is 8.14. The predicted octanol–water partition coefficient (Wildman–Crippen LogP) is 5.45. The Morgan fingerprint density at radius 2 is 1.63 bits per heavy atom. The molecule has 3 rings (SSSR count). The van der Waals surface area contributed by atoms with E-state index in [0.717, 1.165) is 16.7 Å². The van der Waals surface area contributed by atoms with E-state index in [1.807, 2.05) is 61.5 Å². The molecule has 0 saturated heterocycles. The van der Waals surface area contributed by atoms with Crippen LogP contribution in [-0.4, -0.2) is 18.3 Å². The topological polar surface area (TPSA) is 50.7 Å². The van der Waals surface area contributed by atoms with Gasteiger partial charge in [0.1, 0.15) is 6.61 Å². The minimum Gasteiger partial charge on any atom is -0.490 e. The van der Waals surface area contributed by atoms with Crippen molar-refractivity contribution in [3.63, 3.8) is 0 Å². The molecular formula is C25H28ClNO3. The minimum absolute atomic E-state index is 0.426. The highest BCUT2D eigenvalue weighted by atomic mass is 35.5. The fourth-order valence-corrected chi connectivity index (χ4v) is 3.38. The number of ether oxygens (including phenoxy) is 2. The molecule has 0 aromatic heterocycles. The van der Waals surface area contributed by atoms with Gasteiger partial charge in [-0.15, -0.1) is 0 Å². The van der Waals surface area contributed by atoms with Crippen LogP contribution < -0.4 is 14.8 Å². The average Bonchev–Trinajstić information content (AvgIpc) is 2.76. The highest BCUT2D eigenvalue weighted by molar-refractivity contribution is 6.31. The molecular weight excluding hydrogens is 398 g/mol. The largest absolute Gasteiger partial charge is 0.490 e.